The van der Waals surface area contributed by atoms with Crippen molar-refractivity contribution in [1.82, 2.24) is 4.90 Å². The second-order valence-corrected chi connectivity index (χ2v) is 6.74. The summed E-state index contributed by atoms with van der Waals surface area (Å²) in [6.07, 6.45) is 4.81. The fourth-order valence-corrected chi connectivity index (χ4v) is 3.18. The van der Waals surface area contributed by atoms with E-state index in [-0.39, 0.29) is 23.2 Å². The molecular formula is C13H20INO2. The molecule has 2 rings (SSSR count). The number of ether oxygens (including phenoxy) is 1. The first-order chi connectivity index (χ1) is 7.92. The molecule has 0 aromatic heterocycles. The minimum absolute atomic E-state index is 0.0181. The first-order valence-electron chi connectivity index (χ1n) is 6.15. The lowest BCUT2D eigenvalue weighted by Gasteiger charge is -2.35. The van der Waals surface area contributed by atoms with Crippen LogP contribution in [-0.2, 0) is 9.53 Å². The van der Waals surface area contributed by atoms with Crippen LogP contribution in [0.4, 0.5) is 0 Å². The highest BCUT2D eigenvalue weighted by atomic mass is 127. The van der Waals surface area contributed by atoms with Crippen LogP contribution in [0, 0.1) is 5.41 Å². The monoisotopic (exact) mass is 349 g/mol. The molecule has 2 saturated heterocycles. The topological polar surface area (TPSA) is 29.5 Å². The number of hydrogen-bond donors (Lipinski definition) is 0. The van der Waals surface area contributed by atoms with Crippen LogP contribution in [0.3, 0.4) is 0 Å². The highest BCUT2D eigenvalue weighted by Crippen LogP contribution is 2.45. The molecule has 0 aromatic rings. The van der Waals surface area contributed by atoms with Crippen molar-refractivity contribution in [2.75, 3.05) is 6.54 Å². The molecule has 2 fully saturated rings. The van der Waals surface area contributed by atoms with E-state index in [1.807, 2.05) is 4.08 Å². The molecule has 0 spiro atoms. The van der Waals surface area contributed by atoms with Gasteiger partial charge in [0, 0.05) is 12.0 Å². The standard InChI is InChI=1S/C13H20INO2/c1-12(2,3)10-15-9-5-7-13(15,6-4-8-14)11(16)17-10/h4,8,10H,5-7,9H2,1-3H3/b8-4+/t10-,13+/m0/s1. The molecule has 0 radical (unpaired) electrons. The van der Waals surface area contributed by atoms with Gasteiger partial charge < -0.3 is 4.74 Å². The molecule has 2 atom stereocenters. The Labute approximate surface area is 117 Å². The van der Waals surface area contributed by atoms with E-state index in [0.717, 1.165) is 25.8 Å². The number of rotatable bonds is 2. The third kappa shape index (κ3) is 2.14. The van der Waals surface area contributed by atoms with E-state index in [2.05, 4.69) is 54.3 Å². The summed E-state index contributed by atoms with van der Waals surface area (Å²) >= 11 is 2.20. The predicted molar refractivity (Wildman–Crippen MR) is 75.8 cm³/mol. The zero-order valence-electron chi connectivity index (χ0n) is 10.7. The molecule has 0 amide bonds. The number of carbonyl (C=O) groups excluding carboxylic acids is 1. The Morgan fingerprint density at radius 2 is 2.29 bits per heavy atom. The normalized spacial score (nSPS) is 34.4. The van der Waals surface area contributed by atoms with Crippen LogP contribution in [0.1, 0.15) is 40.0 Å². The first kappa shape index (κ1) is 13.3. The lowest BCUT2D eigenvalue weighted by molar-refractivity contribution is -0.149. The molecule has 17 heavy (non-hydrogen) atoms. The molecule has 0 aliphatic carbocycles. The summed E-state index contributed by atoms with van der Waals surface area (Å²) in [6.45, 7) is 7.37. The van der Waals surface area contributed by atoms with Crippen LogP contribution in [0.5, 0.6) is 0 Å². The van der Waals surface area contributed by atoms with Gasteiger partial charge in [-0.15, -0.1) is 0 Å². The smallest absolute Gasteiger partial charge is 0.328 e. The summed E-state index contributed by atoms with van der Waals surface area (Å²) in [4.78, 5) is 14.5. The number of fused-ring (bicyclic) bond motifs is 1. The number of hydrogen-bond acceptors (Lipinski definition) is 3. The van der Waals surface area contributed by atoms with Gasteiger partial charge in [0.05, 0.1) is 0 Å². The zero-order valence-corrected chi connectivity index (χ0v) is 12.9. The molecular weight excluding hydrogens is 329 g/mol. The van der Waals surface area contributed by atoms with Gasteiger partial charge in [-0.3, -0.25) is 4.90 Å². The Bertz CT molecular complexity index is 348. The quantitative estimate of drug-likeness (QED) is 0.567. The van der Waals surface area contributed by atoms with Crippen molar-refractivity contribution in [3.8, 4) is 0 Å². The largest absolute Gasteiger partial charge is 0.444 e. The Hall–Kier alpha value is -0.100. The van der Waals surface area contributed by atoms with Crippen molar-refractivity contribution in [2.24, 2.45) is 5.41 Å². The van der Waals surface area contributed by atoms with E-state index < -0.39 is 0 Å². The molecule has 2 aliphatic rings. The number of nitrogens with zero attached hydrogens (tertiary/aromatic N) is 1. The Balaban J connectivity index is 2.29. The molecule has 0 aromatic carbocycles. The van der Waals surface area contributed by atoms with E-state index in [9.17, 15) is 4.79 Å². The molecule has 2 aliphatic heterocycles. The molecule has 0 N–H and O–H groups in total. The van der Waals surface area contributed by atoms with Gasteiger partial charge in [0.2, 0.25) is 0 Å². The Morgan fingerprint density at radius 1 is 1.59 bits per heavy atom. The second kappa shape index (κ2) is 4.53. The van der Waals surface area contributed by atoms with Crippen LogP contribution >= 0.6 is 22.6 Å². The third-order valence-corrected chi connectivity index (χ3v) is 4.21. The van der Waals surface area contributed by atoms with Gasteiger partial charge >= 0.3 is 5.97 Å². The average Bonchev–Trinajstić information content (AvgIpc) is 2.74. The van der Waals surface area contributed by atoms with Crippen molar-refractivity contribution < 1.29 is 9.53 Å². The van der Waals surface area contributed by atoms with Gasteiger partial charge in [-0.1, -0.05) is 49.4 Å². The summed E-state index contributed by atoms with van der Waals surface area (Å²) in [7, 11) is 0. The molecule has 96 valence electrons. The van der Waals surface area contributed by atoms with Crippen LogP contribution in [0.15, 0.2) is 10.2 Å². The average molecular weight is 349 g/mol. The maximum atomic E-state index is 12.2. The van der Waals surface area contributed by atoms with Crippen LogP contribution in [-0.4, -0.2) is 29.2 Å². The van der Waals surface area contributed by atoms with Crippen molar-refractivity contribution in [2.45, 2.75) is 51.8 Å². The first-order valence-corrected chi connectivity index (χ1v) is 7.39. The lowest BCUT2D eigenvalue weighted by atomic mass is 9.90. The van der Waals surface area contributed by atoms with Gasteiger partial charge in [-0.2, -0.15) is 0 Å². The Morgan fingerprint density at radius 3 is 2.88 bits per heavy atom. The molecule has 3 nitrogen and oxygen atoms in total. The van der Waals surface area contributed by atoms with Gasteiger partial charge in [0.15, 0.2) is 6.23 Å². The van der Waals surface area contributed by atoms with Gasteiger partial charge in [0.1, 0.15) is 5.54 Å². The van der Waals surface area contributed by atoms with Crippen LogP contribution in [0.2, 0.25) is 0 Å². The fourth-order valence-electron chi connectivity index (χ4n) is 2.92. The molecule has 0 saturated carbocycles. The Kier molecular flexibility index (Phi) is 3.56. The van der Waals surface area contributed by atoms with Crippen molar-refractivity contribution in [3.05, 3.63) is 10.2 Å². The third-order valence-electron chi connectivity index (χ3n) is 3.71. The molecule has 0 unspecified atom stereocenters. The summed E-state index contributed by atoms with van der Waals surface area (Å²) in [5.41, 5.74) is -0.393. The van der Waals surface area contributed by atoms with E-state index in [1.54, 1.807) is 0 Å². The SMILES string of the molecule is CC(C)(C)[C@@H]1OC(=O)[C@@]2(C/C=C/I)CCCN12. The van der Waals surface area contributed by atoms with Crippen LogP contribution in [0.25, 0.3) is 0 Å². The zero-order chi connectivity index (χ0) is 12.7. The molecule has 2 heterocycles. The van der Waals surface area contributed by atoms with Crippen molar-refractivity contribution >= 4 is 28.6 Å². The van der Waals surface area contributed by atoms with Crippen molar-refractivity contribution in [3.63, 3.8) is 0 Å². The summed E-state index contributed by atoms with van der Waals surface area (Å²) < 4.78 is 7.63. The minimum atomic E-state index is -0.375. The van der Waals surface area contributed by atoms with E-state index >= 15 is 0 Å². The van der Waals surface area contributed by atoms with E-state index in [0.29, 0.717) is 0 Å². The van der Waals surface area contributed by atoms with E-state index in [4.69, 9.17) is 4.74 Å². The van der Waals surface area contributed by atoms with Gasteiger partial charge in [-0.05, 0) is 23.3 Å². The number of esters is 1. The number of carbonyl (C=O) groups is 1. The van der Waals surface area contributed by atoms with Crippen LogP contribution < -0.4 is 0 Å². The van der Waals surface area contributed by atoms with Gasteiger partial charge in [-0.25, -0.2) is 4.79 Å². The maximum absolute atomic E-state index is 12.2. The molecule has 4 heteroatoms. The van der Waals surface area contributed by atoms with Gasteiger partial charge in [0.25, 0.3) is 0 Å². The fraction of sp³-hybridized carbons (Fsp3) is 0.769. The highest BCUT2D eigenvalue weighted by molar-refractivity contribution is 14.1. The second-order valence-electron chi connectivity index (χ2n) is 6.02. The summed E-state index contributed by atoms with van der Waals surface area (Å²) in [5, 5.41) is 0. The number of cyclic esters (lactones) is 1. The minimum Gasteiger partial charge on any atom is -0.444 e. The lowest BCUT2D eigenvalue weighted by Crippen LogP contribution is -2.48. The number of halogens is 1. The predicted octanol–water partition coefficient (Wildman–Crippen LogP) is 3.09. The van der Waals surface area contributed by atoms with E-state index in [1.165, 1.54) is 0 Å². The summed E-state index contributed by atoms with van der Waals surface area (Å²) in [5.74, 6) is -0.0237. The highest BCUT2D eigenvalue weighted by Gasteiger charge is 2.59. The van der Waals surface area contributed by atoms with Crippen molar-refractivity contribution in [1.29, 1.82) is 0 Å². The summed E-state index contributed by atoms with van der Waals surface area (Å²) in [6, 6.07) is 0. The maximum Gasteiger partial charge on any atom is 0.328 e. The molecule has 0 bridgehead atoms.